The number of nitrogens with zero attached hydrogens (tertiary/aromatic N) is 1. The highest BCUT2D eigenvalue weighted by molar-refractivity contribution is 7.13. The van der Waals surface area contributed by atoms with E-state index in [2.05, 4.69) is 10.3 Å². The molecule has 2 rings (SSSR count). The maximum Gasteiger partial charge on any atom is 0.335 e. The maximum atomic E-state index is 12.3. The fraction of sp³-hybridized carbons (Fsp3) is 0.214. The summed E-state index contributed by atoms with van der Waals surface area (Å²) in [7, 11) is 1.45. The van der Waals surface area contributed by atoms with Crippen LogP contribution in [0.3, 0.4) is 0 Å². The number of ether oxygens (including phenoxy) is 1. The lowest BCUT2D eigenvalue weighted by molar-refractivity contribution is 0.0696. The number of nitrogens with one attached hydrogen (secondary N) is 1. The fourth-order valence-corrected chi connectivity index (χ4v) is 2.67. The number of aromatic carboxylic acids is 1. The Balaban J connectivity index is 2.33. The third kappa shape index (κ3) is 3.19. The van der Waals surface area contributed by atoms with Crippen molar-refractivity contribution in [2.24, 2.45) is 0 Å². The highest BCUT2D eigenvalue weighted by Crippen LogP contribution is 2.27. The normalized spacial score (nSPS) is 10.2. The van der Waals surface area contributed by atoms with Gasteiger partial charge in [0.2, 0.25) is 0 Å². The summed E-state index contributed by atoms with van der Waals surface area (Å²) in [6, 6.07) is 4.28. The quantitative estimate of drug-likeness (QED) is 0.906. The smallest absolute Gasteiger partial charge is 0.335 e. The Bertz CT molecular complexity index is 709. The van der Waals surface area contributed by atoms with Gasteiger partial charge in [0.05, 0.1) is 29.1 Å². The molecule has 110 valence electrons. The van der Waals surface area contributed by atoms with Crippen LogP contribution in [0.15, 0.2) is 18.2 Å². The third-order valence-corrected chi connectivity index (χ3v) is 3.88. The van der Waals surface area contributed by atoms with Gasteiger partial charge in [-0.05, 0) is 32.0 Å². The summed E-state index contributed by atoms with van der Waals surface area (Å²) in [5, 5.41) is 12.5. The predicted octanol–water partition coefficient (Wildman–Crippen LogP) is 2.72. The first kappa shape index (κ1) is 15.0. The van der Waals surface area contributed by atoms with Gasteiger partial charge in [-0.15, -0.1) is 11.3 Å². The molecule has 0 saturated heterocycles. The van der Waals surface area contributed by atoms with E-state index in [-0.39, 0.29) is 11.5 Å². The zero-order valence-corrected chi connectivity index (χ0v) is 12.6. The molecule has 0 atom stereocenters. The van der Waals surface area contributed by atoms with Gasteiger partial charge < -0.3 is 15.2 Å². The molecule has 0 bridgehead atoms. The molecule has 1 heterocycles. The van der Waals surface area contributed by atoms with Crippen molar-refractivity contribution in [2.75, 3.05) is 12.4 Å². The van der Waals surface area contributed by atoms with Crippen molar-refractivity contribution in [1.29, 1.82) is 0 Å². The van der Waals surface area contributed by atoms with Crippen LogP contribution in [0, 0.1) is 13.8 Å². The zero-order valence-electron chi connectivity index (χ0n) is 11.8. The summed E-state index contributed by atoms with van der Waals surface area (Å²) in [6.45, 7) is 3.57. The number of hydrogen-bond acceptors (Lipinski definition) is 5. The number of thiazole rings is 1. The topological polar surface area (TPSA) is 88.5 Å². The molecule has 1 aromatic heterocycles. The number of carbonyl (C=O) groups excluding carboxylic acids is 1. The second-order valence-electron chi connectivity index (χ2n) is 4.32. The van der Waals surface area contributed by atoms with Crippen LogP contribution in [-0.4, -0.2) is 29.1 Å². The van der Waals surface area contributed by atoms with E-state index in [0.717, 1.165) is 5.01 Å². The molecule has 2 aromatic rings. The number of carboxylic acid groups (broad SMARTS) is 1. The molecular formula is C14H14N2O4S. The van der Waals surface area contributed by atoms with Gasteiger partial charge in [-0.3, -0.25) is 4.79 Å². The van der Waals surface area contributed by atoms with Crippen molar-refractivity contribution in [1.82, 2.24) is 4.98 Å². The lowest BCUT2D eigenvalue weighted by Crippen LogP contribution is -2.13. The number of aromatic nitrogens is 1. The molecule has 6 nitrogen and oxygen atoms in total. The van der Waals surface area contributed by atoms with Crippen LogP contribution in [0.5, 0.6) is 5.75 Å². The van der Waals surface area contributed by atoms with Crippen LogP contribution in [0.1, 0.15) is 30.7 Å². The molecule has 1 aromatic carbocycles. The number of rotatable bonds is 4. The summed E-state index contributed by atoms with van der Waals surface area (Å²) in [6.07, 6.45) is 0. The second kappa shape index (κ2) is 5.92. The number of anilines is 1. The molecule has 0 radical (unpaired) electrons. The van der Waals surface area contributed by atoms with Gasteiger partial charge in [-0.1, -0.05) is 0 Å². The number of amides is 1. The molecule has 0 aliphatic rings. The van der Waals surface area contributed by atoms with Crippen molar-refractivity contribution in [3.8, 4) is 5.75 Å². The van der Waals surface area contributed by atoms with Crippen LogP contribution >= 0.6 is 11.3 Å². The standard InChI is InChI=1S/C14H14N2O4S/c1-7-12(21-8(2)15-7)13(17)16-10-6-9(14(18)19)4-5-11(10)20-3/h4-6H,1-3H3,(H,16,17)(H,18,19). The van der Waals surface area contributed by atoms with E-state index in [1.807, 2.05) is 6.92 Å². The maximum absolute atomic E-state index is 12.3. The minimum atomic E-state index is -1.07. The summed E-state index contributed by atoms with van der Waals surface area (Å²) in [5.74, 6) is -1.01. The lowest BCUT2D eigenvalue weighted by atomic mass is 10.2. The highest BCUT2D eigenvalue weighted by atomic mass is 32.1. The Morgan fingerprint density at radius 2 is 2.05 bits per heavy atom. The molecule has 21 heavy (non-hydrogen) atoms. The van der Waals surface area contributed by atoms with Crippen molar-refractivity contribution in [3.05, 3.63) is 39.3 Å². The second-order valence-corrected chi connectivity index (χ2v) is 5.52. The van der Waals surface area contributed by atoms with Crippen LogP contribution in [-0.2, 0) is 0 Å². The molecule has 0 spiro atoms. The number of aryl methyl sites for hydroxylation is 2. The van der Waals surface area contributed by atoms with Gasteiger partial charge in [0.15, 0.2) is 0 Å². The van der Waals surface area contributed by atoms with Crippen molar-refractivity contribution >= 4 is 28.9 Å². The SMILES string of the molecule is COc1ccc(C(=O)O)cc1NC(=O)c1sc(C)nc1C. The number of benzene rings is 1. The molecule has 0 saturated carbocycles. The van der Waals surface area contributed by atoms with E-state index in [1.165, 1.54) is 36.6 Å². The van der Waals surface area contributed by atoms with Gasteiger partial charge in [-0.25, -0.2) is 9.78 Å². The van der Waals surface area contributed by atoms with Gasteiger partial charge in [-0.2, -0.15) is 0 Å². The zero-order chi connectivity index (χ0) is 15.6. The third-order valence-electron chi connectivity index (χ3n) is 2.80. The predicted molar refractivity (Wildman–Crippen MR) is 79.5 cm³/mol. The van der Waals surface area contributed by atoms with Crippen molar-refractivity contribution in [3.63, 3.8) is 0 Å². The van der Waals surface area contributed by atoms with Crippen molar-refractivity contribution in [2.45, 2.75) is 13.8 Å². The minimum absolute atomic E-state index is 0.0725. The fourth-order valence-electron chi connectivity index (χ4n) is 1.86. The Morgan fingerprint density at radius 3 is 2.57 bits per heavy atom. The number of methoxy groups -OCH3 is 1. The van der Waals surface area contributed by atoms with Crippen LogP contribution in [0.2, 0.25) is 0 Å². The molecule has 7 heteroatoms. The average Bonchev–Trinajstić information content (AvgIpc) is 2.77. The Hall–Kier alpha value is -2.41. The number of carbonyl (C=O) groups is 2. The lowest BCUT2D eigenvalue weighted by Gasteiger charge is -2.10. The molecule has 0 fully saturated rings. The van der Waals surface area contributed by atoms with E-state index in [9.17, 15) is 9.59 Å². The monoisotopic (exact) mass is 306 g/mol. The summed E-state index contributed by atoms with van der Waals surface area (Å²) in [4.78, 5) is 27.9. The van der Waals surface area contributed by atoms with E-state index >= 15 is 0 Å². The first-order valence-corrected chi connectivity index (χ1v) is 6.90. The highest BCUT2D eigenvalue weighted by Gasteiger charge is 2.17. The summed E-state index contributed by atoms with van der Waals surface area (Å²) >= 11 is 1.29. The Kier molecular flexibility index (Phi) is 4.23. The largest absolute Gasteiger partial charge is 0.495 e. The molecule has 0 aliphatic carbocycles. The molecule has 0 unspecified atom stereocenters. The Morgan fingerprint density at radius 1 is 1.33 bits per heavy atom. The Labute approximate surface area is 125 Å². The van der Waals surface area contributed by atoms with Gasteiger partial charge >= 0.3 is 5.97 Å². The van der Waals surface area contributed by atoms with E-state index in [4.69, 9.17) is 9.84 Å². The van der Waals surface area contributed by atoms with Gasteiger partial charge in [0.25, 0.3) is 5.91 Å². The molecular weight excluding hydrogens is 292 g/mol. The number of hydrogen-bond donors (Lipinski definition) is 2. The molecule has 0 aliphatic heterocycles. The van der Waals surface area contributed by atoms with Crippen LogP contribution in [0.25, 0.3) is 0 Å². The number of carboxylic acids is 1. The van der Waals surface area contributed by atoms with Crippen LogP contribution in [0.4, 0.5) is 5.69 Å². The van der Waals surface area contributed by atoms with Crippen molar-refractivity contribution < 1.29 is 19.4 Å². The first-order valence-electron chi connectivity index (χ1n) is 6.09. The van der Waals surface area contributed by atoms with Gasteiger partial charge in [0.1, 0.15) is 10.6 Å². The summed E-state index contributed by atoms with van der Waals surface area (Å²) < 4.78 is 5.13. The van der Waals surface area contributed by atoms with E-state index in [1.54, 1.807) is 6.92 Å². The van der Waals surface area contributed by atoms with E-state index < -0.39 is 5.97 Å². The van der Waals surface area contributed by atoms with Gasteiger partial charge in [0, 0.05) is 0 Å². The summed E-state index contributed by atoms with van der Waals surface area (Å²) in [5.41, 5.74) is 1.03. The molecule has 2 N–H and O–H groups in total. The van der Waals surface area contributed by atoms with E-state index in [0.29, 0.717) is 22.0 Å². The first-order chi connectivity index (χ1) is 9.92. The van der Waals surface area contributed by atoms with Crippen LogP contribution < -0.4 is 10.1 Å². The molecule has 1 amide bonds. The average molecular weight is 306 g/mol. The minimum Gasteiger partial charge on any atom is -0.495 e.